The molecule has 0 saturated heterocycles. The Morgan fingerprint density at radius 1 is 1.05 bits per heavy atom. The third-order valence-electron chi connectivity index (χ3n) is 2.67. The van der Waals surface area contributed by atoms with E-state index in [2.05, 4.69) is 22.6 Å². The van der Waals surface area contributed by atoms with Crippen LogP contribution in [0, 0.1) is 3.57 Å². The second-order valence-electron chi connectivity index (χ2n) is 4.13. The molecule has 0 heterocycles. The molecular weight excluding hydrogens is 371 g/mol. The Balaban J connectivity index is 2.27. The predicted molar refractivity (Wildman–Crippen MR) is 82.6 cm³/mol. The summed E-state index contributed by atoms with van der Waals surface area (Å²) >= 11 is 2.07. The molecule has 0 aliphatic carbocycles. The second kappa shape index (κ2) is 6.04. The molecule has 0 saturated carbocycles. The van der Waals surface area contributed by atoms with Gasteiger partial charge in [-0.05, 0) is 72.0 Å². The van der Waals surface area contributed by atoms with Gasteiger partial charge in [0, 0.05) is 5.56 Å². The molecule has 20 heavy (non-hydrogen) atoms. The van der Waals surface area contributed by atoms with Crippen molar-refractivity contribution in [2.45, 2.75) is 6.92 Å². The van der Waals surface area contributed by atoms with Gasteiger partial charge in [0.2, 0.25) is 0 Å². The van der Waals surface area contributed by atoms with Crippen molar-refractivity contribution in [2.75, 3.05) is 0 Å². The van der Waals surface area contributed by atoms with E-state index in [0.29, 0.717) is 17.1 Å². The van der Waals surface area contributed by atoms with Gasteiger partial charge in [-0.15, -0.1) is 0 Å². The molecule has 0 radical (unpaired) electrons. The maximum absolute atomic E-state index is 11.2. The number of benzene rings is 2. The van der Waals surface area contributed by atoms with E-state index in [9.17, 15) is 9.59 Å². The van der Waals surface area contributed by atoms with Gasteiger partial charge in [-0.1, -0.05) is 0 Å². The summed E-state index contributed by atoms with van der Waals surface area (Å²) in [5.74, 6) is 0.00807. The van der Waals surface area contributed by atoms with Gasteiger partial charge < -0.3 is 9.84 Å². The fraction of sp³-hybridized carbons (Fsp3) is 0.0667. The minimum Gasteiger partial charge on any atom is -0.478 e. The summed E-state index contributed by atoms with van der Waals surface area (Å²) in [4.78, 5) is 22.1. The van der Waals surface area contributed by atoms with Crippen LogP contribution >= 0.6 is 22.6 Å². The number of carbonyl (C=O) groups is 2. The minimum atomic E-state index is -1.00. The van der Waals surface area contributed by atoms with Crippen LogP contribution in [0.15, 0.2) is 42.5 Å². The first kappa shape index (κ1) is 14.5. The van der Waals surface area contributed by atoms with Crippen LogP contribution in [0.4, 0.5) is 0 Å². The molecule has 5 heteroatoms. The van der Waals surface area contributed by atoms with E-state index >= 15 is 0 Å². The number of hydrogen-bond donors (Lipinski definition) is 1. The molecule has 0 spiro atoms. The van der Waals surface area contributed by atoms with E-state index in [1.165, 1.54) is 19.1 Å². The lowest BCUT2D eigenvalue weighted by Gasteiger charge is -2.09. The molecule has 0 fully saturated rings. The topological polar surface area (TPSA) is 63.6 Å². The number of rotatable bonds is 4. The van der Waals surface area contributed by atoms with Gasteiger partial charge in [0.1, 0.15) is 11.5 Å². The largest absolute Gasteiger partial charge is 0.478 e. The first-order valence-corrected chi connectivity index (χ1v) is 6.87. The van der Waals surface area contributed by atoms with Crippen LogP contribution in [0.5, 0.6) is 11.5 Å². The molecule has 0 atom stereocenters. The predicted octanol–water partition coefficient (Wildman–Crippen LogP) is 3.98. The van der Waals surface area contributed by atoms with Gasteiger partial charge in [-0.25, -0.2) is 4.79 Å². The molecule has 1 N–H and O–H groups in total. The highest BCUT2D eigenvalue weighted by atomic mass is 127. The Hall–Kier alpha value is -1.89. The summed E-state index contributed by atoms with van der Waals surface area (Å²) in [6, 6.07) is 11.4. The van der Waals surface area contributed by atoms with Gasteiger partial charge in [-0.3, -0.25) is 4.79 Å². The maximum atomic E-state index is 11.2. The van der Waals surface area contributed by atoms with Gasteiger partial charge in [0.25, 0.3) is 0 Å². The van der Waals surface area contributed by atoms with Crippen LogP contribution < -0.4 is 4.74 Å². The number of Topliss-reactive ketones (excluding diaryl/α,β-unsaturated/α-hetero) is 1. The molecule has 0 aliphatic heterocycles. The van der Waals surface area contributed by atoms with Crippen molar-refractivity contribution >= 4 is 34.3 Å². The number of carbonyl (C=O) groups excluding carboxylic acids is 1. The van der Waals surface area contributed by atoms with Crippen molar-refractivity contribution in [3.8, 4) is 11.5 Å². The van der Waals surface area contributed by atoms with Crippen molar-refractivity contribution in [2.24, 2.45) is 0 Å². The van der Waals surface area contributed by atoms with Crippen LogP contribution in [0.1, 0.15) is 27.6 Å². The summed E-state index contributed by atoms with van der Waals surface area (Å²) < 4.78 is 6.46. The normalized spacial score (nSPS) is 10.1. The minimum absolute atomic E-state index is 0.0148. The number of ether oxygens (including phenoxy) is 1. The number of ketones is 1. The molecule has 0 aromatic heterocycles. The zero-order chi connectivity index (χ0) is 14.7. The van der Waals surface area contributed by atoms with Crippen LogP contribution in [-0.4, -0.2) is 16.9 Å². The molecule has 0 bridgehead atoms. The van der Waals surface area contributed by atoms with E-state index in [1.807, 2.05) is 0 Å². The molecule has 102 valence electrons. The van der Waals surface area contributed by atoms with Crippen molar-refractivity contribution in [1.29, 1.82) is 0 Å². The first-order chi connectivity index (χ1) is 9.47. The smallest absolute Gasteiger partial charge is 0.335 e. The second-order valence-corrected chi connectivity index (χ2v) is 5.30. The standard InChI is InChI=1S/C15H11IO4/c1-9(17)10-2-5-12(6-3-10)20-14-8-11(15(18)19)4-7-13(14)16/h2-8H,1H3,(H,18,19). The Labute approximate surface area is 129 Å². The van der Waals surface area contributed by atoms with Crippen molar-refractivity contribution in [3.63, 3.8) is 0 Å². The van der Waals surface area contributed by atoms with E-state index in [4.69, 9.17) is 9.84 Å². The van der Waals surface area contributed by atoms with Crippen LogP contribution in [0.2, 0.25) is 0 Å². The molecule has 2 rings (SSSR count). The monoisotopic (exact) mass is 382 g/mol. The molecular formula is C15H11IO4. The highest BCUT2D eigenvalue weighted by Crippen LogP contribution is 2.28. The molecule has 2 aromatic rings. The van der Waals surface area contributed by atoms with E-state index in [1.54, 1.807) is 30.3 Å². The van der Waals surface area contributed by atoms with Crippen LogP contribution in [0.3, 0.4) is 0 Å². The van der Waals surface area contributed by atoms with Gasteiger partial charge >= 0.3 is 5.97 Å². The van der Waals surface area contributed by atoms with Crippen molar-refractivity contribution in [3.05, 3.63) is 57.2 Å². The third kappa shape index (κ3) is 3.36. The summed E-state index contributed by atoms with van der Waals surface area (Å²) in [5.41, 5.74) is 0.770. The molecule has 4 nitrogen and oxygen atoms in total. The molecule has 0 amide bonds. The number of hydrogen-bond acceptors (Lipinski definition) is 3. The fourth-order valence-electron chi connectivity index (χ4n) is 1.60. The quantitative estimate of drug-likeness (QED) is 0.642. The lowest BCUT2D eigenvalue weighted by atomic mass is 10.1. The third-order valence-corrected chi connectivity index (χ3v) is 3.56. The molecule has 0 unspecified atom stereocenters. The summed E-state index contributed by atoms with van der Waals surface area (Å²) in [6.07, 6.45) is 0. The zero-order valence-electron chi connectivity index (χ0n) is 10.6. The number of carboxylic acid groups (broad SMARTS) is 1. The molecule has 2 aromatic carbocycles. The van der Waals surface area contributed by atoms with E-state index in [-0.39, 0.29) is 11.3 Å². The van der Waals surface area contributed by atoms with Gasteiger partial charge in [0.05, 0.1) is 9.13 Å². The summed E-state index contributed by atoms with van der Waals surface area (Å²) in [6.45, 7) is 1.50. The van der Waals surface area contributed by atoms with Gasteiger partial charge in [0.15, 0.2) is 5.78 Å². The average Bonchev–Trinajstić information content (AvgIpc) is 2.41. The highest BCUT2D eigenvalue weighted by Gasteiger charge is 2.09. The van der Waals surface area contributed by atoms with Crippen molar-refractivity contribution in [1.82, 2.24) is 0 Å². The highest BCUT2D eigenvalue weighted by molar-refractivity contribution is 14.1. The van der Waals surface area contributed by atoms with Gasteiger partial charge in [-0.2, -0.15) is 0 Å². The number of halogens is 1. The fourth-order valence-corrected chi connectivity index (χ4v) is 2.04. The zero-order valence-corrected chi connectivity index (χ0v) is 12.7. The lowest BCUT2D eigenvalue weighted by molar-refractivity contribution is 0.0696. The Kier molecular flexibility index (Phi) is 4.39. The van der Waals surface area contributed by atoms with E-state index in [0.717, 1.165) is 3.57 Å². The van der Waals surface area contributed by atoms with Crippen molar-refractivity contribution < 1.29 is 19.4 Å². The summed E-state index contributed by atoms with van der Waals surface area (Å²) in [5, 5.41) is 8.97. The SMILES string of the molecule is CC(=O)c1ccc(Oc2cc(C(=O)O)ccc2I)cc1. The van der Waals surface area contributed by atoms with E-state index < -0.39 is 5.97 Å². The number of carboxylic acids is 1. The molecule has 0 aliphatic rings. The summed E-state index contributed by atoms with van der Waals surface area (Å²) in [7, 11) is 0. The Morgan fingerprint density at radius 2 is 1.65 bits per heavy atom. The maximum Gasteiger partial charge on any atom is 0.335 e. The Morgan fingerprint density at radius 3 is 2.20 bits per heavy atom. The van der Waals surface area contributed by atoms with Crippen LogP contribution in [-0.2, 0) is 0 Å². The average molecular weight is 382 g/mol. The number of aromatic carboxylic acids is 1. The van der Waals surface area contributed by atoms with Crippen LogP contribution in [0.25, 0.3) is 0 Å². The Bertz CT molecular complexity index is 662. The lowest BCUT2D eigenvalue weighted by Crippen LogP contribution is -1.98. The first-order valence-electron chi connectivity index (χ1n) is 5.79.